The second kappa shape index (κ2) is 8.95. The van der Waals surface area contributed by atoms with Gasteiger partial charge in [0, 0.05) is 7.05 Å². The number of hydrogen-bond acceptors (Lipinski definition) is 5. The van der Waals surface area contributed by atoms with Gasteiger partial charge in [0.2, 0.25) is 6.79 Å². The Morgan fingerprint density at radius 3 is 2.28 bits per heavy atom. The molecule has 0 N–H and O–H groups in total. The van der Waals surface area contributed by atoms with E-state index in [4.69, 9.17) is 9.47 Å². The fraction of sp³-hybridized carbons (Fsp3) is 0.435. The Balaban J connectivity index is 2.48. The molecule has 2 rings (SSSR count). The van der Waals surface area contributed by atoms with Gasteiger partial charge < -0.3 is 9.47 Å². The van der Waals surface area contributed by atoms with Crippen LogP contribution in [0.4, 0.5) is 0 Å². The number of aryl methyl sites for hydroxylation is 2. The number of allylic oxidation sites excluding steroid dienone is 1. The first-order chi connectivity index (χ1) is 13.5. The van der Waals surface area contributed by atoms with Crippen LogP contribution in [0.1, 0.15) is 57.1 Å². The maximum absolute atomic E-state index is 11.8. The van der Waals surface area contributed by atoms with Gasteiger partial charge in [-0.05, 0) is 29.5 Å². The number of nitrogens with zero attached hydrogens (tertiary/aromatic N) is 3. The maximum atomic E-state index is 11.8. The van der Waals surface area contributed by atoms with Crippen LogP contribution in [-0.2, 0) is 26.7 Å². The summed E-state index contributed by atoms with van der Waals surface area (Å²) in [6.45, 7) is 11.5. The summed E-state index contributed by atoms with van der Waals surface area (Å²) in [6, 6.07) is 11.9. The molecule has 29 heavy (non-hydrogen) atoms. The second-order valence-corrected chi connectivity index (χ2v) is 8.32. The second-order valence-electron chi connectivity index (χ2n) is 8.32. The molecule has 0 aliphatic heterocycles. The van der Waals surface area contributed by atoms with E-state index in [1.165, 1.54) is 5.56 Å². The van der Waals surface area contributed by atoms with Gasteiger partial charge in [-0.3, -0.25) is 9.48 Å². The number of ether oxygens (including phenoxy) is 2. The van der Waals surface area contributed by atoms with E-state index >= 15 is 0 Å². The fourth-order valence-corrected chi connectivity index (χ4v) is 2.79. The van der Waals surface area contributed by atoms with Crippen LogP contribution in [0.2, 0.25) is 0 Å². The highest BCUT2D eigenvalue weighted by atomic mass is 16.7. The fourth-order valence-electron chi connectivity index (χ4n) is 2.79. The van der Waals surface area contributed by atoms with Crippen molar-refractivity contribution in [3.63, 3.8) is 0 Å². The Kier molecular flexibility index (Phi) is 6.86. The third-order valence-electron chi connectivity index (χ3n) is 4.49. The zero-order valence-corrected chi connectivity index (χ0v) is 18.2. The van der Waals surface area contributed by atoms with Crippen LogP contribution in [0, 0.1) is 24.2 Å². The van der Waals surface area contributed by atoms with Gasteiger partial charge in [0.15, 0.2) is 5.76 Å². The highest BCUT2D eigenvalue weighted by Crippen LogP contribution is 2.30. The zero-order valence-electron chi connectivity index (χ0n) is 18.2. The van der Waals surface area contributed by atoms with Gasteiger partial charge in [0.25, 0.3) is 0 Å². The van der Waals surface area contributed by atoms with E-state index in [1.807, 2.05) is 37.3 Å². The molecule has 0 spiro atoms. The standard InChI is InChI=1S/C23H29N3O3/c1-15(2)22(27)29-14-28-21(20-12-16(3)25-26(20)7)19(13-24)17-8-10-18(11-9-17)23(4,5)6/h8-12,15H,14H2,1-7H3/b21-19+. The molecule has 154 valence electrons. The molecule has 0 atom stereocenters. The highest BCUT2D eigenvalue weighted by molar-refractivity contribution is 5.94. The first-order valence-corrected chi connectivity index (χ1v) is 9.60. The summed E-state index contributed by atoms with van der Waals surface area (Å²) in [5, 5.41) is 14.3. The van der Waals surface area contributed by atoms with E-state index in [1.54, 1.807) is 25.6 Å². The summed E-state index contributed by atoms with van der Waals surface area (Å²) in [4.78, 5) is 11.8. The predicted molar refractivity (Wildman–Crippen MR) is 112 cm³/mol. The number of aromatic nitrogens is 2. The summed E-state index contributed by atoms with van der Waals surface area (Å²) in [5.74, 6) is -0.292. The van der Waals surface area contributed by atoms with Gasteiger partial charge in [-0.2, -0.15) is 10.4 Å². The van der Waals surface area contributed by atoms with Crippen molar-refractivity contribution < 1.29 is 14.3 Å². The van der Waals surface area contributed by atoms with E-state index in [0.29, 0.717) is 17.0 Å². The van der Waals surface area contributed by atoms with Crippen LogP contribution in [-0.4, -0.2) is 22.5 Å². The summed E-state index contributed by atoms with van der Waals surface area (Å²) >= 11 is 0. The Hall–Kier alpha value is -3.07. The van der Waals surface area contributed by atoms with E-state index in [9.17, 15) is 10.1 Å². The topological polar surface area (TPSA) is 77.1 Å². The lowest BCUT2D eigenvalue weighted by atomic mass is 9.86. The molecular weight excluding hydrogens is 366 g/mol. The lowest BCUT2D eigenvalue weighted by molar-refractivity contribution is -0.155. The van der Waals surface area contributed by atoms with Crippen LogP contribution in [0.15, 0.2) is 30.3 Å². The van der Waals surface area contributed by atoms with Crippen molar-refractivity contribution in [1.82, 2.24) is 9.78 Å². The molecule has 0 aliphatic carbocycles. The molecule has 1 aromatic heterocycles. The molecular formula is C23H29N3O3. The van der Waals surface area contributed by atoms with Gasteiger partial charge >= 0.3 is 5.97 Å². The van der Waals surface area contributed by atoms with Crippen LogP contribution in [0.25, 0.3) is 11.3 Å². The van der Waals surface area contributed by atoms with Crippen LogP contribution < -0.4 is 0 Å². The van der Waals surface area contributed by atoms with E-state index in [0.717, 1.165) is 11.3 Å². The lowest BCUT2D eigenvalue weighted by Gasteiger charge is -2.19. The van der Waals surface area contributed by atoms with E-state index < -0.39 is 0 Å². The minimum atomic E-state index is -0.362. The molecule has 1 aromatic carbocycles. The van der Waals surface area contributed by atoms with Gasteiger partial charge in [-0.25, -0.2) is 0 Å². The lowest BCUT2D eigenvalue weighted by Crippen LogP contribution is -2.14. The summed E-state index contributed by atoms with van der Waals surface area (Å²) < 4.78 is 12.6. The average molecular weight is 396 g/mol. The van der Waals surface area contributed by atoms with Gasteiger partial charge in [0.1, 0.15) is 17.3 Å². The number of carbonyl (C=O) groups excluding carboxylic acids is 1. The molecule has 2 aromatic rings. The number of rotatable bonds is 6. The quantitative estimate of drug-likeness (QED) is 0.309. The number of esters is 1. The Morgan fingerprint density at radius 1 is 1.21 bits per heavy atom. The highest BCUT2D eigenvalue weighted by Gasteiger charge is 2.20. The van der Waals surface area contributed by atoms with Crippen LogP contribution in [0.5, 0.6) is 0 Å². The molecule has 6 heteroatoms. The maximum Gasteiger partial charge on any atom is 0.311 e. The van der Waals surface area contributed by atoms with Crippen molar-refractivity contribution in [3.05, 3.63) is 52.8 Å². The van der Waals surface area contributed by atoms with E-state index in [2.05, 4.69) is 31.9 Å². The molecule has 1 heterocycles. The smallest absolute Gasteiger partial charge is 0.311 e. The molecule has 0 unspecified atom stereocenters. The van der Waals surface area contributed by atoms with Gasteiger partial charge in [-0.1, -0.05) is 58.9 Å². The van der Waals surface area contributed by atoms with Crippen molar-refractivity contribution >= 4 is 17.3 Å². The SMILES string of the molecule is Cc1cc(/C(OCOC(=O)C(C)C)=C(/C#N)c2ccc(C(C)(C)C)cc2)n(C)n1. The predicted octanol–water partition coefficient (Wildman–Crippen LogP) is 4.59. The van der Waals surface area contributed by atoms with Crippen LogP contribution >= 0.6 is 0 Å². The van der Waals surface area contributed by atoms with Crippen molar-refractivity contribution in [2.24, 2.45) is 13.0 Å². The molecule has 0 aliphatic rings. The summed E-state index contributed by atoms with van der Waals surface area (Å²) in [6.07, 6.45) is 0. The molecule has 6 nitrogen and oxygen atoms in total. The van der Waals surface area contributed by atoms with Crippen molar-refractivity contribution in [1.29, 1.82) is 5.26 Å². The number of benzene rings is 1. The first kappa shape index (κ1) is 22.2. The number of hydrogen-bond donors (Lipinski definition) is 0. The molecule has 0 radical (unpaired) electrons. The Bertz CT molecular complexity index is 939. The zero-order chi connectivity index (χ0) is 21.8. The normalized spacial score (nSPS) is 12.4. The Morgan fingerprint density at radius 2 is 1.83 bits per heavy atom. The first-order valence-electron chi connectivity index (χ1n) is 9.60. The molecule has 0 saturated carbocycles. The molecule has 0 amide bonds. The van der Waals surface area contributed by atoms with Gasteiger partial charge in [-0.15, -0.1) is 0 Å². The van der Waals surface area contributed by atoms with Crippen LogP contribution in [0.3, 0.4) is 0 Å². The minimum absolute atomic E-state index is 0.0125. The molecule has 0 bridgehead atoms. The third kappa shape index (κ3) is 5.47. The third-order valence-corrected chi connectivity index (χ3v) is 4.49. The number of nitriles is 1. The monoisotopic (exact) mass is 395 g/mol. The van der Waals surface area contributed by atoms with Crippen molar-refractivity contribution in [2.45, 2.75) is 47.0 Å². The average Bonchev–Trinajstić information content (AvgIpc) is 2.98. The molecule has 0 fully saturated rings. The summed E-state index contributed by atoms with van der Waals surface area (Å²) in [5.41, 5.74) is 3.70. The van der Waals surface area contributed by atoms with Crippen molar-refractivity contribution in [2.75, 3.05) is 6.79 Å². The largest absolute Gasteiger partial charge is 0.454 e. The van der Waals surface area contributed by atoms with Crippen molar-refractivity contribution in [3.8, 4) is 6.07 Å². The summed E-state index contributed by atoms with van der Waals surface area (Å²) in [7, 11) is 1.78. The minimum Gasteiger partial charge on any atom is -0.454 e. The Labute approximate surface area is 172 Å². The molecule has 0 saturated heterocycles. The van der Waals surface area contributed by atoms with E-state index in [-0.39, 0.29) is 24.1 Å². The number of carbonyl (C=O) groups is 1. The van der Waals surface area contributed by atoms with Gasteiger partial charge in [0.05, 0.1) is 11.6 Å².